The fourth-order valence-electron chi connectivity index (χ4n) is 2.80. The Morgan fingerprint density at radius 2 is 1.77 bits per heavy atom. The maximum Gasteiger partial charge on any atom is 0.315 e. The van der Waals surface area contributed by atoms with Crippen LogP contribution in [0.3, 0.4) is 0 Å². The Balaban J connectivity index is 1.54. The SMILES string of the molecule is CC(C)(NC(=O)NCCc1ccc(F)cc1)c1ccc2c(c1)OCCO2. The van der Waals surface area contributed by atoms with E-state index in [0.29, 0.717) is 31.9 Å². The lowest BCUT2D eigenvalue weighted by atomic mass is 9.94. The normalized spacial score (nSPS) is 13.2. The minimum absolute atomic E-state index is 0.257. The smallest absolute Gasteiger partial charge is 0.315 e. The molecule has 2 amide bonds. The van der Waals surface area contributed by atoms with Gasteiger partial charge in [0.1, 0.15) is 19.0 Å². The number of fused-ring (bicyclic) bond motifs is 1. The molecule has 0 spiro atoms. The van der Waals surface area contributed by atoms with Gasteiger partial charge in [-0.1, -0.05) is 18.2 Å². The number of urea groups is 1. The highest BCUT2D eigenvalue weighted by Gasteiger charge is 2.25. The van der Waals surface area contributed by atoms with E-state index in [9.17, 15) is 9.18 Å². The van der Waals surface area contributed by atoms with E-state index in [0.717, 1.165) is 16.9 Å². The zero-order valence-electron chi connectivity index (χ0n) is 15.0. The average molecular weight is 358 g/mol. The minimum atomic E-state index is -0.574. The maximum atomic E-state index is 12.9. The molecule has 0 radical (unpaired) electrons. The van der Waals surface area contributed by atoms with Crippen molar-refractivity contribution in [2.24, 2.45) is 0 Å². The van der Waals surface area contributed by atoms with Gasteiger partial charge in [0.05, 0.1) is 5.54 Å². The molecule has 0 saturated heterocycles. The number of ether oxygens (including phenoxy) is 2. The Morgan fingerprint density at radius 1 is 1.08 bits per heavy atom. The molecule has 6 heteroatoms. The van der Waals surface area contributed by atoms with Gasteiger partial charge in [-0.15, -0.1) is 0 Å². The van der Waals surface area contributed by atoms with Crippen LogP contribution in [0.1, 0.15) is 25.0 Å². The molecule has 1 aliphatic heterocycles. The van der Waals surface area contributed by atoms with Crippen LogP contribution in [0.25, 0.3) is 0 Å². The van der Waals surface area contributed by atoms with E-state index >= 15 is 0 Å². The second-order valence-corrected chi connectivity index (χ2v) is 6.74. The van der Waals surface area contributed by atoms with Crippen LogP contribution in [0.4, 0.5) is 9.18 Å². The molecule has 0 bridgehead atoms. The first-order valence-corrected chi connectivity index (χ1v) is 8.65. The van der Waals surface area contributed by atoms with Crippen molar-refractivity contribution in [3.63, 3.8) is 0 Å². The van der Waals surface area contributed by atoms with Gasteiger partial charge >= 0.3 is 6.03 Å². The molecule has 0 aromatic heterocycles. The van der Waals surface area contributed by atoms with E-state index < -0.39 is 5.54 Å². The molecule has 26 heavy (non-hydrogen) atoms. The van der Waals surface area contributed by atoms with Crippen molar-refractivity contribution < 1.29 is 18.7 Å². The van der Waals surface area contributed by atoms with Gasteiger partial charge in [-0.05, 0) is 55.7 Å². The van der Waals surface area contributed by atoms with E-state index in [2.05, 4.69) is 10.6 Å². The summed E-state index contributed by atoms with van der Waals surface area (Å²) in [5.74, 6) is 1.15. The highest BCUT2D eigenvalue weighted by atomic mass is 19.1. The molecule has 1 heterocycles. The van der Waals surface area contributed by atoms with Gasteiger partial charge in [0, 0.05) is 6.54 Å². The summed E-state index contributed by atoms with van der Waals surface area (Å²) in [7, 11) is 0. The largest absolute Gasteiger partial charge is 0.486 e. The van der Waals surface area contributed by atoms with Gasteiger partial charge < -0.3 is 20.1 Å². The Morgan fingerprint density at radius 3 is 2.50 bits per heavy atom. The third-order valence-corrected chi connectivity index (χ3v) is 4.30. The number of carbonyl (C=O) groups excluding carboxylic acids is 1. The first-order chi connectivity index (χ1) is 12.4. The average Bonchev–Trinajstić information content (AvgIpc) is 2.62. The predicted octanol–water partition coefficient (Wildman–Crippen LogP) is 3.37. The summed E-state index contributed by atoms with van der Waals surface area (Å²) < 4.78 is 24.0. The van der Waals surface area contributed by atoms with Gasteiger partial charge in [-0.2, -0.15) is 0 Å². The second-order valence-electron chi connectivity index (χ2n) is 6.74. The van der Waals surface area contributed by atoms with Crippen LogP contribution in [-0.2, 0) is 12.0 Å². The number of benzene rings is 2. The van der Waals surface area contributed by atoms with Crippen LogP contribution in [0.2, 0.25) is 0 Å². The van der Waals surface area contributed by atoms with Crippen LogP contribution < -0.4 is 20.1 Å². The van der Waals surface area contributed by atoms with Crippen LogP contribution in [0.5, 0.6) is 11.5 Å². The van der Waals surface area contributed by atoms with Crippen molar-refractivity contribution >= 4 is 6.03 Å². The van der Waals surface area contributed by atoms with Gasteiger partial charge in [0.25, 0.3) is 0 Å². The summed E-state index contributed by atoms with van der Waals surface area (Å²) in [6.45, 7) is 5.39. The topological polar surface area (TPSA) is 59.6 Å². The number of amides is 2. The van der Waals surface area contributed by atoms with Gasteiger partial charge in [0.15, 0.2) is 11.5 Å². The standard InChI is InChI=1S/C20H23FN2O3/c1-20(2,15-5-8-17-18(13-15)26-12-11-25-17)23-19(24)22-10-9-14-3-6-16(21)7-4-14/h3-8,13H,9-12H2,1-2H3,(H2,22,23,24). The highest BCUT2D eigenvalue weighted by Crippen LogP contribution is 2.34. The first-order valence-electron chi connectivity index (χ1n) is 8.65. The summed E-state index contributed by atoms with van der Waals surface area (Å²) in [4.78, 5) is 12.2. The first kappa shape index (κ1) is 18.0. The zero-order chi connectivity index (χ0) is 18.6. The van der Waals surface area contributed by atoms with Crippen LogP contribution >= 0.6 is 0 Å². The number of carbonyl (C=O) groups is 1. The molecule has 138 valence electrons. The highest BCUT2D eigenvalue weighted by molar-refractivity contribution is 5.75. The van der Waals surface area contributed by atoms with E-state index in [1.165, 1.54) is 12.1 Å². The molecule has 0 atom stereocenters. The molecule has 0 saturated carbocycles. The van der Waals surface area contributed by atoms with Crippen LogP contribution in [-0.4, -0.2) is 25.8 Å². The lowest BCUT2D eigenvalue weighted by Crippen LogP contribution is -2.46. The Hall–Kier alpha value is -2.76. The molecule has 2 aromatic rings. The van der Waals surface area contributed by atoms with Gasteiger partial charge in [-0.25, -0.2) is 9.18 Å². The number of nitrogens with one attached hydrogen (secondary N) is 2. The molecule has 5 nitrogen and oxygen atoms in total. The lowest BCUT2D eigenvalue weighted by molar-refractivity contribution is 0.171. The van der Waals surface area contributed by atoms with E-state index in [1.54, 1.807) is 12.1 Å². The second kappa shape index (κ2) is 7.64. The van der Waals surface area contributed by atoms with Crippen molar-refractivity contribution in [1.29, 1.82) is 0 Å². The van der Waals surface area contributed by atoms with Crippen molar-refractivity contribution in [2.45, 2.75) is 25.8 Å². The Bertz CT molecular complexity index is 775. The van der Waals surface area contributed by atoms with Crippen molar-refractivity contribution in [1.82, 2.24) is 10.6 Å². The summed E-state index contributed by atoms with van der Waals surface area (Å²) >= 11 is 0. The summed E-state index contributed by atoms with van der Waals surface area (Å²) in [5.41, 5.74) is 1.32. The lowest BCUT2D eigenvalue weighted by Gasteiger charge is -2.28. The molecular formula is C20H23FN2O3. The molecular weight excluding hydrogens is 335 g/mol. The third kappa shape index (κ3) is 4.45. The fraction of sp³-hybridized carbons (Fsp3) is 0.350. The van der Waals surface area contributed by atoms with E-state index in [4.69, 9.17) is 9.47 Å². The number of rotatable bonds is 5. The van der Waals surface area contributed by atoms with Crippen molar-refractivity contribution in [3.05, 3.63) is 59.4 Å². The fourth-order valence-corrected chi connectivity index (χ4v) is 2.80. The summed E-state index contributed by atoms with van der Waals surface area (Å²) in [6.07, 6.45) is 0.637. The summed E-state index contributed by atoms with van der Waals surface area (Å²) in [6, 6.07) is 11.7. The molecule has 2 aromatic carbocycles. The van der Waals surface area contributed by atoms with E-state index in [-0.39, 0.29) is 11.8 Å². The summed E-state index contributed by atoms with van der Waals surface area (Å²) in [5, 5.41) is 5.80. The molecule has 1 aliphatic rings. The van der Waals surface area contributed by atoms with Crippen molar-refractivity contribution in [2.75, 3.05) is 19.8 Å². The van der Waals surface area contributed by atoms with Crippen LogP contribution in [0, 0.1) is 5.82 Å². The van der Waals surface area contributed by atoms with Gasteiger partial charge in [-0.3, -0.25) is 0 Å². The monoisotopic (exact) mass is 358 g/mol. The molecule has 0 aliphatic carbocycles. The zero-order valence-corrected chi connectivity index (χ0v) is 15.0. The van der Waals surface area contributed by atoms with Crippen LogP contribution in [0.15, 0.2) is 42.5 Å². The molecule has 0 fully saturated rings. The van der Waals surface area contributed by atoms with E-state index in [1.807, 2.05) is 32.0 Å². The number of hydrogen-bond acceptors (Lipinski definition) is 3. The van der Waals surface area contributed by atoms with Gasteiger partial charge in [0.2, 0.25) is 0 Å². The molecule has 0 unspecified atom stereocenters. The predicted molar refractivity (Wildman–Crippen MR) is 97.1 cm³/mol. The quantitative estimate of drug-likeness (QED) is 0.861. The Kier molecular flexibility index (Phi) is 5.30. The maximum absolute atomic E-state index is 12.9. The molecule has 3 rings (SSSR count). The number of hydrogen-bond donors (Lipinski definition) is 2. The third-order valence-electron chi connectivity index (χ3n) is 4.30. The van der Waals surface area contributed by atoms with Crippen molar-refractivity contribution in [3.8, 4) is 11.5 Å². The molecule has 2 N–H and O–H groups in total. The Labute approximate surface area is 152 Å². The minimum Gasteiger partial charge on any atom is -0.486 e. The number of halogens is 1.